The van der Waals surface area contributed by atoms with Gasteiger partial charge in [0.2, 0.25) is 5.91 Å². The number of sulfonamides is 1. The minimum Gasteiger partial charge on any atom is -0.323 e. The molecule has 3 aromatic rings. The number of nitro benzene ring substituents is 1. The fourth-order valence-corrected chi connectivity index (χ4v) is 4.28. The highest BCUT2D eigenvalue weighted by atomic mass is 35.5. The molecule has 0 bridgehead atoms. The van der Waals surface area contributed by atoms with Gasteiger partial charge in [0.1, 0.15) is 18.2 Å². The fraction of sp³-hybridized carbons (Fsp3) is 0.0500. The third-order valence-corrected chi connectivity index (χ3v) is 6.36. The van der Waals surface area contributed by atoms with Gasteiger partial charge in [-0.05, 0) is 54.6 Å². The number of halogens is 3. The van der Waals surface area contributed by atoms with Crippen molar-refractivity contribution in [3.8, 4) is 0 Å². The van der Waals surface area contributed by atoms with Gasteiger partial charge in [0.05, 0.1) is 26.2 Å². The molecule has 0 aliphatic rings. The van der Waals surface area contributed by atoms with E-state index in [1.807, 2.05) is 0 Å². The lowest BCUT2D eigenvalue weighted by atomic mass is 10.2. The first-order valence-corrected chi connectivity index (χ1v) is 10.7. The van der Waals surface area contributed by atoms with Gasteiger partial charge in [-0.3, -0.25) is 19.2 Å². The summed E-state index contributed by atoms with van der Waals surface area (Å²) >= 11 is 5.97. The Morgan fingerprint density at radius 3 is 2.12 bits per heavy atom. The number of carbonyl (C=O) groups is 1. The summed E-state index contributed by atoms with van der Waals surface area (Å²) in [5.41, 5.74) is -0.459. The molecule has 0 heterocycles. The number of hydrogen-bond donors (Lipinski definition) is 1. The maximum absolute atomic E-state index is 13.4. The van der Waals surface area contributed by atoms with Crippen LogP contribution in [0.15, 0.2) is 71.6 Å². The minimum atomic E-state index is -4.36. The number of benzene rings is 3. The minimum absolute atomic E-state index is 0.00123. The van der Waals surface area contributed by atoms with Crippen LogP contribution in [0.4, 0.5) is 25.8 Å². The Morgan fingerprint density at radius 2 is 1.56 bits per heavy atom. The second-order valence-corrected chi connectivity index (χ2v) is 8.68. The van der Waals surface area contributed by atoms with Crippen LogP contribution in [0.1, 0.15) is 0 Å². The number of anilines is 2. The smallest absolute Gasteiger partial charge is 0.271 e. The molecular formula is C20H14ClF2N3O5S. The lowest BCUT2D eigenvalue weighted by molar-refractivity contribution is -0.384. The van der Waals surface area contributed by atoms with Crippen LogP contribution in [0, 0.1) is 21.7 Å². The van der Waals surface area contributed by atoms with Crippen molar-refractivity contribution in [3.63, 3.8) is 0 Å². The molecule has 0 saturated carbocycles. The molecule has 0 spiro atoms. The van der Waals surface area contributed by atoms with Gasteiger partial charge in [-0.25, -0.2) is 17.2 Å². The Hall–Kier alpha value is -3.57. The fourth-order valence-electron chi connectivity index (χ4n) is 2.70. The van der Waals surface area contributed by atoms with Gasteiger partial charge in [-0.15, -0.1) is 0 Å². The molecule has 3 aromatic carbocycles. The van der Waals surface area contributed by atoms with E-state index in [1.54, 1.807) is 0 Å². The van der Waals surface area contributed by atoms with Gasteiger partial charge in [0.25, 0.3) is 15.7 Å². The van der Waals surface area contributed by atoms with Crippen molar-refractivity contribution in [2.45, 2.75) is 4.90 Å². The Kier molecular flexibility index (Phi) is 6.70. The predicted molar refractivity (Wildman–Crippen MR) is 114 cm³/mol. The SMILES string of the molecule is O=C(CN(c1ccc(F)cc1)S(=O)(=O)c1ccc(F)cc1)Nc1cc([N+](=O)[O-])ccc1Cl. The third-order valence-electron chi connectivity index (χ3n) is 4.24. The largest absolute Gasteiger partial charge is 0.323 e. The van der Waals surface area contributed by atoms with Crippen molar-refractivity contribution < 1.29 is 26.9 Å². The second-order valence-electron chi connectivity index (χ2n) is 6.41. The van der Waals surface area contributed by atoms with E-state index in [0.717, 1.165) is 60.7 Å². The molecule has 0 radical (unpaired) electrons. The quantitative estimate of drug-likeness (QED) is 0.398. The van der Waals surface area contributed by atoms with Crippen LogP contribution >= 0.6 is 11.6 Å². The van der Waals surface area contributed by atoms with Gasteiger partial charge in [-0.1, -0.05) is 11.6 Å². The third kappa shape index (κ3) is 5.18. The maximum Gasteiger partial charge on any atom is 0.271 e. The van der Waals surface area contributed by atoms with Crippen LogP contribution in [0.5, 0.6) is 0 Å². The molecule has 1 N–H and O–H groups in total. The van der Waals surface area contributed by atoms with Gasteiger partial charge in [-0.2, -0.15) is 0 Å². The molecule has 0 aromatic heterocycles. The Balaban J connectivity index is 1.95. The van der Waals surface area contributed by atoms with Gasteiger partial charge in [0, 0.05) is 12.1 Å². The zero-order valence-electron chi connectivity index (χ0n) is 16.0. The summed E-state index contributed by atoms with van der Waals surface area (Å²) in [5, 5.41) is 13.3. The average Bonchev–Trinajstić information content (AvgIpc) is 2.74. The monoisotopic (exact) mass is 481 g/mol. The van der Waals surface area contributed by atoms with Crippen LogP contribution in [-0.2, 0) is 14.8 Å². The van der Waals surface area contributed by atoms with Crippen LogP contribution in [0.25, 0.3) is 0 Å². The molecule has 12 heteroatoms. The standard InChI is InChI=1S/C20H14ClF2N3O5S/c21-18-10-7-16(26(28)29)11-19(18)24-20(27)12-25(15-5-1-13(22)2-6-15)32(30,31)17-8-3-14(23)4-9-17/h1-11H,12H2,(H,24,27). The summed E-state index contributed by atoms with van der Waals surface area (Å²) in [6, 6.07) is 11.6. The number of hydrogen-bond acceptors (Lipinski definition) is 5. The van der Waals surface area contributed by atoms with Crippen molar-refractivity contribution in [2.75, 3.05) is 16.2 Å². The predicted octanol–water partition coefficient (Wildman–Crippen LogP) is 4.36. The molecule has 1 amide bonds. The zero-order chi connectivity index (χ0) is 23.5. The highest BCUT2D eigenvalue weighted by Crippen LogP contribution is 2.28. The second kappa shape index (κ2) is 9.28. The molecule has 0 saturated heterocycles. The molecule has 0 aliphatic carbocycles. The van der Waals surface area contributed by atoms with E-state index in [1.165, 1.54) is 6.07 Å². The summed E-state index contributed by atoms with van der Waals surface area (Å²) in [5.74, 6) is -2.15. The normalized spacial score (nSPS) is 11.1. The van der Waals surface area contributed by atoms with Crippen LogP contribution in [0.2, 0.25) is 5.02 Å². The van der Waals surface area contributed by atoms with Crippen LogP contribution in [-0.4, -0.2) is 25.8 Å². The van der Waals surface area contributed by atoms with Gasteiger partial charge in [0.15, 0.2) is 0 Å². The maximum atomic E-state index is 13.4. The molecular weight excluding hydrogens is 468 g/mol. The number of nitrogens with one attached hydrogen (secondary N) is 1. The summed E-state index contributed by atoms with van der Waals surface area (Å²) in [6.07, 6.45) is 0. The first-order valence-electron chi connectivity index (χ1n) is 8.85. The number of carbonyl (C=O) groups excluding carboxylic acids is 1. The first kappa shape index (κ1) is 23.1. The summed E-state index contributed by atoms with van der Waals surface area (Å²) in [4.78, 5) is 22.6. The Morgan fingerprint density at radius 1 is 1.00 bits per heavy atom. The van der Waals surface area contributed by atoms with E-state index in [4.69, 9.17) is 11.6 Å². The van der Waals surface area contributed by atoms with Crippen molar-refractivity contribution in [1.82, 2.24) is 0 Å². The van der Waals surface area contributed by atoms with Crippen molar-refractivity contribution in [1.29, 1.82) is 0 Å². The van der Waals surface area contributed by atoms with Gasteiger partial charge < -0.3 is 5.32 Å². The highest BCUT2D eigenvalue weighted by Gasteiger charge is 2.28. The van der Waals surface area contributed by atoms with E-state index in [-0.39, 0.29) is 27.0 Å². The first-order chi connectivity index (χ1) is 15.1. The topological polar surface area (TPSA) is 110 Å². The summed E-state index contributed by atoms with van der Waals surface area (Å²) in [7, 11) is -4.36. The molecule has 3 rings (SSSR count). The molecule has 0 fully saturated rings. The summed E-state index contributed by atoms with van der Waals surface area (Å²) in [6.45, 7) is -0.773. The van der Waals surface area contributed by atoms with E-state index in [0.29, 0.717) is 4.31 Å². The lowest BCUT2D eigenvalue weighted by Gasteiger charge is -2.24. The number of nitrogens with zero attached hydrogens (tertiary/aromatic N) is 2. The Labute approximate surface area is 186 Å². The average molecular weight is 482 g/mol. The Bertz CT molecular complexity index is 1270. The molecule has 32 heavy (non-hydrogen) atoms. The van der Waals surface area contributed by atoms with E-state index in [9.17, 15) is 32.1 Å². The summed E-state index contributed by atoms with van der Waals surface area (Å²) < 4.78 is 53.6. The van der Waals surface area contributed by atoms with E-state index >= 15 is 0 Å². The molecule has 0 unspecified atom stereocenters. The lowest BCUT2D eigenvalue weighted by Crippen LogP contribution is -2.38. The van der Waals surface area contributed by atoms with Crippen molar-refractivity contribution in [3.05, 3.63) is 93.5 Å². The van der Waals surface area contributed by atoms with E-state index in [2.05, 4.69) is 5.32 Å². The van der Waals surface area contributed by atoms with Crippen LogP contribution in [0.3, 0.4) is 0 Å². The van der Waals surface area contributed by atoms with Crippen LogP contribution < -0.4 is 9.62 Å². The van der Waals surface area contributed by atoms with E-state index < -0.39 is 39.0 Å². The molecule has 166 valence electrons. The molecule has 0 aliphatic heterocycles. The number of amides is 1. The van der Waals surface area contributed by atoms with Gasteiger partial charge >= 0.3 is 0 Å². The molecule has 0 atom stereocenters. The number of nitro groups is 1. The molecule has 8 nitrogen and oxygen atoms in total. The zero-order valence-corrected chi connectivity index (χ0v) is 17.6. The van der Waals surface area contributed by atoms with Crippen molar-refractivity contribution in [2.24, 2.45) is 0 Å². The number of non-ortho nitro benzene ring substituents is 1. The van der Waals surface area contributed by atoms with Crippen molar-refractivity contribution >= 4 is 44.6 Å². The number of rotatable bonds is 7. The highest BCUT2D eigenvalue weighted by molar-refractivity contribution is 7.92.